The van der Waals surface area contributed by atoms with E-state index in [0.717, 1.165) is 37.4 Å². The Morgan fingerprint density at radius 3 is 2.74 bits per heavy atom. The van der Waals surface area contributed by atoms with Gasteiger partial charge in [0.05, 0.1) is 0 Å². The van der Waals surface area contributed by atoms with Gasteiger partial charge in [-0.1, -0.05) is 13.3 Å². The molecule has 0 unspecified atom stereocenters. The fourth-order valence-corrected chi connectivity index (χ4v) is 2.73. The summed E-state index contributed by atoms with van der Waals surface area (Å²) in [5, 5.41) is 10.9. The lowest BCUT2D eigenvalue weighted by Crippen LogP contribution is -2.11. The monoisotopic (exact) mass is 276 g/mol. The quantitative estimate of drug-likeness (QED) is 0.815. The van der Waals surface area contributed by atoms with Crippen molar-refractivity contribution in [3.8, 4) is 0 Å². The molecule has 0 bridgehead atoms. The van der Waals surface area contributed by atoms with E-state index in [0.29, 0.717) is 0 Å². The second-order valence-corrected chi connectivity index (χ2v) is 5.14. The first-order valence-corrected chi connectivity index (χ1v) is 7.56. The van der Waals surface area contributed by atoms with Crippen molar-refractivity contribution in [2.45, 2.75) is 26.2 Å². The second kappa shape index (κ2) is 7.09. The number of thiophene rings is 1. The first-order valence-electron chi connectivity index (χ1n) is 6.61. The number of anilines is 2. The van der Waals surface area contributed by atoms with E-state index in [9.17, 15) is 0 Å². The molecule has 102 valence electrons. The molecule has 2 rings (SSSR count). The Morgan fingerprint density at radius 1 is 1.21 bits per heavy atom. The Balaban J connectivity index is 2.02. The number of rotatable bonds is 7. The van der Waals surface area contributed by atoms with Crippen LogP contribution in [-0.2, 0) is 12.8 Å². The summed E-state index contributed by atoms with van der Waals surface area (Å²) < 4.78 is 0. The Labute approximate surface area is 118 Å². The molecule has 0 aliphatic carbocycles. The topological polar surface area (TPSA) is 49.8 Å². The zero-order valence-corrected chi connectivity index (χ0v) is 12.3. The van der Waals surface area contributed by atoms with Crippen molar-refractivity contribution < 1.29 is 0 Å². The summed E-state index contributed by atoms with van der Waals surface area (Å²) in [7, 11) is 1.90. The van der Waals surface area contributed by atoms with Gasteiger partial charge in [-0.25, -0.2) is 9.97 Å². The van der Waals surface area contributed by atoms with Gasteiger partial charge in [0, 0.05) is 19.2 Å². The molecule has 19 heavy (non-hydrogen) atoms. The summed E-state index contributed by atoms with van der Waals surface area (Å²) in [5.41, 5.74) is 2.55. The van der Waals surface area contributed by atoms with Crippen LogP contribution < -0.4 is 10.6 Å². The van der Waals surface area contributed by atoms with Gasteiger partial charge in [0.2, 0.25) is 0 Å². The van der Waals surface area contributed by atoms with Crippen molar-refractivity contribution in [1.29, 1.82) is 0 Å². The molecule has 0 aliphatic heterocycles. The van der Waals surface area contributed by atoms with Gasteiger partial charge in [-0.15, -0.1) is 0 Å². The Kier molecular flexibility index (Phi) is 5.15. The van der Waals surface area contributed by atoms with Gasteiger partial charge >= 0.3 is 0 Å². The largest absolute Gasteiger partial charge is 0.373 e. The standard InChI is InChI=1S/C14H20N4S/c1-3-4-12-13(15-2)17-10-18-14(12)16-7-5-11-6-8-19-9-11/h6,8-10H,3-5,7H2,1-2H3,(H2,15,16,17,18). The zero-order valence-electron chi connectivity index (χ0n) is 11.4. The summed E-state index contributed by atoms with van der Waals surface area (Å²) >= 11 is 1.74. The van der Waals surface area contributed by atoms with Crippen LogP contribution in [0.3, 0.4) is 0 Å². The van der Waals surface area contributed by atoms with E-state index < -0.39 is 0 Å². The van der Waals surface area contributed by atoms with Crippen molar-refractivity contribution in [3.05, 3.63) is 34.3 Å². The fourth-order valence-electron chi connectivity index (χ4n) is 2.03. The Hall–Kier alpha value is -1.62. The molecule has 2 aromatic rings. The molecule has 0 aliphatic rings. The van der Waals surface area contributed by atoms with Crippen LogP contribution >= 0.6 is 11.3 Å². The highest BCUT2D eigenvalue weighted by Gasteiger charge is 2.09. The molecule has 0 aromatic carbocycles. The van der Waals surface area contributed by atoms with Crippen molar-refractivity contribution in [3.63, 3.8) is 0 Å². The van der Waals surface area contributed by atoms with Gasteiger partial charge in [-0.05, 0) is 35.2 Å². The van der Waals surface area contributed by atoms with Crippen LogP contribution in [0, 0.1) is 0 Å². The predicted octanol–water partition coefficient (Wildman–Crippen LogP) is 3.19. The number of nitrogens with zero attached hydrogens (tertiary/aromatic N) is 2. The van der Waals surface area contributed by atoms with E-state index >= 15 is 0 Å². The number of aromatic nitrogens is 2. The maximum atomic E-state index is 4.37. The van der Waals surface area contributed by atoms with Gasteiger partial charge in [-0.2, -0.15) is 11.3 Å². The van der Waals surface area contributed by atoms with E-state index in [2.05, 4.69) is 44.4 Å². The average molecular weight is 276 g/mol. The van der Waals surface area contributed by atoms with Gasteiger partial charge in [0.25, 0.3) is 0 Å². The zero-order chi connectivity index (χ0) is 13.5. The number of hydrogen-bond donors (Lipinski definition) is 2. The van der Waals surface area contributed by atoms with Crippen LogP contribution in [0.2, 0.25) is 0 Å². The van der Waals surface area contributed by atoms with E-state index in [1.807, 2.05) is 7.05 Å². The lowest BCUT2D eigenvalue weighted by molar-refractivity contribution is 0.895. The summed E-state index contributed by atoms with van der Waals surface area (Å²) in [4.78, 5) is 8.64. The highest BCUT2D eigenvalue weighted by molar-refractivity contribution is 7.07. The highest BCUT2D eigenvalue weighted by Crippen LogP contribution is 2.21. The normalized spacial score (nSPS) is 10.4. The van der Waals surface area contributed by atoms with Crippen molar-refractivity contribution in [2.75, 3.05) is 24.2 Å². The van der Waals surface area contributed by atoms with Gasteiger partial charge in [-0.3, -0.25) is 0 Å². The molecule has 2 heterocycles. The van der Waals surface area contributed by atoms with Crippen LogP contribution in [0.15, 0.2) is 23.2 Å². The van der Waals surface area contributed by atoms with Crippen molar-refractivity contribution in [2.24, 2.45) is 0 Å². The van der Waals surface area contributed by atoms with Crippen molar-refractivity contribution in [1.82, 2.24) is 9.97 Å². The molecule has 2 N–H and O–H groups in total. The molecule has 4 nitrogen and oxygen atoms in total. The van der Waals surface area contributed by atoms with E-state index in [-0.39, 0.29) is 0 Å². The number of nitrogens with one attached hydrogen (secondary N) is 2. The average Bonchev–Trinajstić information content (AvgIpc) is 2.94. The number of hydrogen-bond acceptors (Lipinski definition) is 5. The molecular weight excluding hydrogens is 256 g/mol. The minimum atomic E-state index is 0.896. The maximum absolute atomic E-state index is 4.37. The molecule has 0 atom stereocenters. The minimum absolute atomic E-state index is 0.896. The van der Waals surface area contributed by atoms with Crippen LogP contribution in [0.4, 0.5) is 11.6 Å². The van der Waals surface area contributed by atoms with E-state index in [1.54, 1.807) is 17.7 Å². The summed E-state index contributed by atoms with van der Waals surface area (Å²) in [6.07, 6.45) is 4.70. The van der Waals surface area contributed by atoms with Gasteiger partial charge < -0.3 is 10.6 Å². The molecule has 0 amide bonds. The van der Waals surface area contributed by atoms with Crippen LogP contribution in [-0.4, -0.2) is 23.6 Å². The third kappa shape index (κ3) is 3.67. The van der Waals surface area contributed by atoms with Crippen molar-refractivity contribution >= 4 is 23.0 Å². The third-order valence-electron chi connectivity index (χ3n) is 2.97. The molecular formula is C14H20N4S. The minimum Gasteiger partial charge on any atom is -0.373 e. The molecule has 0 radical (unpaired) electrons. The predicted molar refractivity (Wildman–Crippen MR) is 82.1 cm³/mol. The molecule has 0 saturated heterocycles. The first kappa shape index (κ1) is 13.8. The summed E-state index contributed by atoms with van der Waals surface area (Å²) in [6.45, 7) is 3.06. The lowest BCUT2D eigenvalue weighted by atomic mass is 10.1. The smallest absolute Gasteiger partial charge is 0.134 e. The summed E-state index contributed by atoms with van der Waals surface area (Å²) in [5.74, 6) is 1.88. The SMILES string of the molecule is CCCc1c(NC)ncnc1NCCc1ccsc1. The first-order chi connectivity index (χ1) is 9.35. The molecule has 0 spiro atoms. The second-order valence-electron chi connectivity index (χ2n) is 4.36. The van der Waals surface area contributed by atoms with E-state index in [1.165, 1.54) is 11.1 Å². The van der Waals surface area contributed by atoms with Crippen LogP contribution in [0.25, 0.3) is 0 Å². The third-order valence-corrected chi connectivity index (χ3v) is 3.70. The van der Waals surface area contributed by atoms with Gasteiger partial charge in [0.15, 0.2) is 0 Å². The fraction of sp³-hybridized carbons (Fsp3) is 0.429. The van der Waals surface area contributed by atoms with Gasteiger partial charge in [0.1, 0.15) is 18.0 Å². The maximum Gasteiger partial charge on any atom is 0.134 e. The van der Waals surface area contributed by atoms with Crippen LogP contribution in [0.1, 0.15) is 24.5 Å². The molecule has 2 aromatic heterocycles. The van der Waals surface area contributed by atoms with Crippen LogP contribution in [0.5, 0.6) is 0 Å². The van der Waals surface area contributed by atoms with E-state index in [4.69, 9.17) is 0 Å². The lowest BCUT2D eigenvalue weighted by Gasteiger charge is -2.13. The molecule has 0 fully saturated rings. The molecule has 5 heteroatoms. The Bertz CT molecular complexity index is 496. The highest BCUT2D eigenvalue weighted by atomic mass is 32.1. The summed E-state index contributed by atoms with van der Waals surface area (Å²) in [6, 6.07) is 2.16. The molecule has 0 saturated carbocycles. The Morgan fingerprint density at radius 2 is 2.05 bits per heavy atom.